The van der Waals surface area contributed by atoms with Gasteiger partial charge in [0.2, 0.25) is 4.77 Å². The fraction of sp³-hybridized carbons (Fsp3) is 0.118. The third kappa shape index (κ3) is 4.23. The highest BCUT2D eigenvalue weighted by molar-refractivity contribution is 7.71. The van der Waals surface area contributed by atoms with Crippen molar-refractivity contribution in [1.82, 2.24) is 14.9 Å². The van der Waals surface area contributed by atoms with Gasteiger partial charge in [0, 0.05) is 6.42 Å². The molecule has 2 aromatic carbocycles. The Kier molecular flexibility index (Phi) is 4.99. The Hall–Kier alpha value is -2.81. The van der Waals surface area contributed by atoms with Crippen molar-refractivity contribution in [3.05, 3.63) is 81.6 Å². The van der Waals surface area contributed by atoms with E-state index in [1.54, 1.807) is 12.1 Å². The summed E-state index contributed by atoms with van der Waals surface area (Å²) in [6.07, 6.45) is -2.64. The van der Waals surface area contributed by atoms with E-state index in [1.165, 1.54) is 35.2 Å². The number of aromatic amines is 1. The average Bonchev–Trinajstić information content (AvgIpc) is 2.94. The Morgan fingerprint density at radius 2 is 1.73 bits per heavy atom. The smallest absolute Gasteiger partial charge is 0.250 e. The van der Waals surface area contributed by atoms with E-state index in [4.69, 9.17) is 12.2 Å². The van der Waals surface area contributed by atoms with Crippen molar-refractivity contribution in [1.29, 1.82) is 0 Å². The van der Waals surface area contributed by atoms with E-state index in [9.17, 15) is 17.6 Å². The summed E-state index contributed by atoms with van der Waals surface area (Å²) >= 11 is 5.12. The zero-order valence-electron chi connectivity index (χ0n) is 13.2. The number of nitrogens with one attached hydrogen (secondary N) is 1. The van der Waals surface area contributed by atoms with E-state index in [1.807, 2.05) is 0 Å². The molecule has 0 aliphatic carbocycles. The molecule has 0 aliphatic heterocycles. The minimum atomic E-state index is -4.38. The van der Waals surface area contributed by atoms with Crippen molar-refractivity contribution >= 4 is 18.4 Å². The lowest BCUT2D eigenvalue weighted by Gasteiger charge is -2.06. The first kappa shape index (κ1) is 18.0. The summed E-state index contributed by atoms with van der Waals surface area (Å²) in [6.45, 7) is 0. The molecule has 0 spiro atoms. The Balaban J connectivity index is 1.81. The van der Waals surface area contributed by atoms with Crippen LogP contribution < -0.4 is 0 Å². The van der Waals surface area contributed by atoms with Crippen molar-refractivity contribution in [2.45, 2.75) is 12.6 Å². The largest absolute Gasteiger partial charge is 0.416 e. The molecule has 0 unspecified atom stereocenters. The highest BCUT2D eigenvalue weighted by Crippen LogP contribution is 2.28. The second kappa shape index (κ2) is 7.20. The molecule has 0 bridgehead atoms. The van der Waals surface area contributed by atoms with E-state index in [-0.39, 0.29) is 10.6 Å². The van der Waals surface area contributed by atoms with Gasteiger partial charge in [0.15, 0.2) is 5.82 Å². The molecule has 0 fully saturated rings. The first-order valence-corrected chi connectivity index (χ1v) is 7.86. The number of hydrogen-bond donors (Lipinski definition) is 1. The van der Waals surface area contributed by atoms with Gasteiger partial charge in [-0.3, -0.25) is 5.10 Å². The molecule has 134 valence electrons. The van der Waals surface area contributed by atoms with Crippen LogP contribution in [0.1, 0.15) is 22.5 Å². The minimum absolute atomic E-state index is 0.241. The maximum atomic E-state index is 13.0. The molecule has 3 rings (SSSR count). The second-order valence-corrected chi connectivity index (χ2v) is 5.81. The first-order chi connectivity index (χ1) is 12.3. The van der Waals surface area contributed by atoms with Crippen LogP contribution in [0.25, 0.3) is 0 Å². The number of nitrogens with zero attached hydrogens (tertiary/aromatic N) is 3. The highest BCUT2D eigenvalue weighted by Gasteiger charge is 2.29. The maximum absolute atomic E-state index is 13.0. The summed E-state index contributed by atoms with van der Waals surface area (Å²) in [4.78, 5) is 0. The zero-order chi connectivity index (χ0) is 18.7. The number of rotatable bonds is 4. The van der Waals surface area contributed by atoms with Gasteiger partial charge in [-0.15, -0.1) is 0 Å². The summed E-state index contributed by atoms with van der Waals surface area (Å²) in [5.74, 6) is 0.151. The lowest BCUT2D eigenvalue weighted by Crippen LogP contribution is -2.04. The molecule has 3 aromatic rings. The molecule has 0 atom stereocenters. The third-order valence-corrected chi connectivity index (χ3v) is 3.82. The van der Waals surface area contributed by atoms with Gasteiger partial charge in [0.1, 0.15) is 5.82 Å². The number of benzene rings is 2. The van der Waals surface area contributed by atoms with Crippen molar-refractivity contribution in [2.24, 2.45) is 5.10 Å². The molecule has 0 radical (unpaired) electrons. The van der Waals surface area contributed by atoms with Gasteiger partial charge in [-0.1, -0.05) is 24.3 Å². The van der Waals surface area contributed by atoms with E-state index >= 15 is 0 Å². The van der Waals surface area contributed by atoms with Crippen molar-refractivity contribution in [3.8, 4) is 0 Å². The van der Waals surface area contributed by atoms with Gasteiger partial charge in [0.05, 0.1) is 11.8 Å². The van der Waals surface area contributed by atoms with Crippen molar-refractivity contribution in [3.63, 3.8) is 0 Å². The molecule has 0 saturated carbocycles. The molecular weight excluding hydrogens is 368 g/mol. The lowest BCUT2D eigenvalue weighted by molar-refractivity contribution is -0.137. The van der Waals surface area contributed by atoms with E-state index < -0.39 is 11.7 Å². The fourth-order valence-electron chi connectivity index (χ4n) is 2.23. The molecule has 0 aliphatic rings. The molecular formula is C17H12F4N4S. The van der Waals surface area contributed by atoms with Gasteiger partial charge >= 0.3 is 6.18 Å². The summed E-state index contributed by atoms with van der Waals surface area (Å²) in [5.41, 5.74) is 0.562. The van der Waals surface area contributed by atoms with Crippen molar-refractivity contribution in [2.75, 3.05) is 0 Å². The summed E-state index contributed by atoms with van der Waals surface area (Å²) in [6, 6.07) is 10.5. The van der Waals surface area contributed by atoms with Crippen LogP contribution in [0, 0.1) is 10.6 Å². The fourth-order valence-corrected chi connectivity index (χ4v) is 2.42. The predicted octanol–water partition coefficient (Wildman–Crippen LogP) is 4.57. The van der Waals surface area contributed by atoms with Crippen LogP contribution in [-0.2, 0) is 12.6 Å². The van der Waals surface area contributed by atoms with Crippen LogP contribution in [0.15, 0.2) is 53.6 Å². The normalized spacial score (nSPS) is 12.0. The quantitative estimate of drug-likeness (QED) is 0.409. The molecule has 1 N–H and O–H groups in total. The molecule has 0 saturated heterocycles. The molecule has 1 aromatic heterocycles. The monoisotopic (exact) mass is 380 g/mol. The number of alkyl halides is 3. The van der Waals surface area contributed by atoms with E-state index in [0.717, 1.165) is 17.7 Å². The Labute approximate surface area is 150 Å². The van der Waals surface area contributed by atoms with Crippen LogP contribution in [0.5, 0.6) is 0 Å². The van der Waals surface area contributed by atoms with Crippen LogP contribution in [0.3, 0.4) is 0 Å². The van der Waals surface area contributed by atoms with Gasteiger partial charge in [-0.05, 0) is 47.6 Å². The average molecular weight is 380 g/mol. The van der Waals surface area contributed by atoms with Crippen LogP contribution in [-0.4, -0.2) is 21.1 Å². The Morgan fingerprint density at radius 3 is 2.35 bits per heavy atom. The van der Waals surface area contributed by atoms with Crippen LogP contribution in [0.2, 0.25) is 0 Å². The Bertz CT molecular complexity index is 970. The zero-order valence-corrected chi connectivity index (χ0v) is 14.0. The SMILES string of the molecule is Fc1ccc(Cc2n[nH]c(=S)n2/N=C\c2ccc(C(F)(F)F)cc2)cc1. The van der Waals surface area contributed by atoms with E-state index in [2.05, 4.69) is 15.3 Å². The highest BCUT2D eigenvalue weighted by atomic mass is 32.1. The Morgan fingerprint density at radius 1 is 1.08 bits per heavy atom. The van der Waals surface area contributed by atoms with Gasteiger partial charge in [-0.2, -0.15) is 28.0 Å². The van der Waals surface area contributed by atoms with Gasteiger partial charge < -0.3 is 0 Å². The first-order valence-electron chi connectivity index (χ1n) is 7.45. The molecule has 26 heavy (non-hydrogen) atoms. The van der Waals surface area contributed by atoms with Gasteiger partial charge in [0.25, 0.3) is 0 Å². The predicted molar refractivity (Wildman–Crippen MR) is 91.1 cm³/mol. The minimum Gasteiger partial charge on any atom is -0.250 e. The maximum Gasteiger partial charge on any atom is 0.416 e. The summed E-state index contributed by atoms with van der Waals surface area (Å²) in [5, 5.41) is 10.9. The molecule has 0 amide bonds. The second-order valence-electron chi connectivity index (χ2n) is 5.42. The van der Waals surface area contributed by atoms with E-state index in [0.29, 0.717) is 17.8 Å². The number of H-pyrrole nitrogens is 1. The van der Waals surface area contributed by atoms with Crippen molar-refractivity contribution < 1.29 is 17.6 Å². The lowest BCUT2D eigenvalue weighted by atomic mass is 10.1. The molecule has 1 heterocycles. The number of halogens is 4. The molecule has 4 nitrogen and oxygen atoms in total. The number of aromatic nitrogens is 3. The summed E-state index contributed by atoms with van der Waals surface area (Å²) < 4.78 is 52.3. The molecule has 9 heteroatoms. The standard InChI is InChI=1S/C17H12F4N4S/c18-14-7-3-11(4-8-14)9-15-23-24-16(26)25(15)22-10-12-1-5-13(6-2-12)17(19,20)21/h1-8,10H,9H2,(H,24,26)/b22-10-. The van der Waals surface area contributed by atoms with Crippen LogP contribution in [0.4, 0.5) is 17.6 Å². The van der Waals surface area contributed by atoms with Crippen LogP contribution >= 0.6 is 12.2 Å². The number of hydrogen-bond acceptors (Lipinski definition) is 3. The summed E-state index contributed by atoms with van der Waals surface area (Å²) in [7, 11) is 0. The van der Waals surface area contributed by atoms with Gasteiger partial charge in [-0.25, -0.2) is 4.39 Å². The third-order valence-electron chi connectivity index (χ3n) is 3.55. The topological polar surface area (TPSA) is 46.0 Å².